The van der Waals surface area contributed by atoms with E-state index in [1.807, 2.05) is 0 Å². The van der Waals surface area contributed by atoms with E-state index in [4.69, 9.17) is 11.2 Å². The van der Waals surface area contributed by atoms with Crippen LogP contribution in [0.1, 0.15) is 47.9 Å². The van der Waals surface area contributed by atoms with Gasteiger partial charge in [-0.3, -0.25) is 14.7 Å². The molecule has 12 heteroatoms. The summed E-state index contributed by atoms with van der Waals surface area (Å²) >= 11 is 1.28. The van der Waals surface area contributed by atoms with Crippen LogP contribution >= 0.6 is 11.3 Å². The van der Waals surface area contributed by atoms with E-state index in [0.717, 1.165) is 0 Å². The van der Waals surface area contributed by atoms with Crippen LogP contribution in [-0.2, 0) is 14.3 Å². The Kier molecular flexibility index (Phi) is 7.22. The maximum Gasteiger partial charge on any atom is 0.338 e. The van der Waals surface area contributed by atoms with Crippen LogP contribution in [0, 0.1) is 24.1 Å². The van der Waals surface area contributed by atoms with Crippen molar-refractivity contribution in [2.24, 2.45) is 10.9 Å². The van der Waals surface area contributed by atoms with Gasteiger partial charge in [0.05, 0.1) is 24.3 Å². The fourth-order valence-corrected chi connectivity index (χ4v) is 6.48. The highest BCUT2D eigenvalue weighted by molar-refractivity contribution is 7.11. The maximum absolute atomic E-state index is 15.1. The largest absolute Gasteiger partial charge is 0.481 e. The van der Waals surface area contributed by atoms with E-state index in [1.54, 1.807) is 22.5 Å². The second kappa shape index (κ2) is 10.5. The number of benzene rings is 1. The molecule has 0 saturated carbocycles. The van der Waals surface area contributed by atoms with Gasteiger partial charge in [-0.2, -0.15) is 0 Å². The van der Waals surface area contributed by atoms with Crippen molar-refractivity contribution in [1.29, 1.82) is 0 Å². The smallest absolute Gasteiger partial charge is 0.338 e. The molecular weight excluding hydrogens is 533 g/mol. The molecule has 2 aromatic rings. The van der Waals surface area contributed by atoms with E-state index in [2.05, 4.69) is 21.2 Å². The van der Waals surface area contributed by atoms with Crippen LogP contribution in [-0.4, -0.2) is 64.4 Å². The van der Waals surface area contributed by atoms with Crippen molar-refractivity contribution in [2.75, 3.05) is 13.7 Å². The fraction of sp³-hybridized carbons (Fsp3) is 0.407. The van der Waals surface area contributed by atoms with Gasteiger partial charge in [0.2, 0.25) is 0 Å². The summed E-state index contributed by atoms with van der Waals surface area (Å²) in [5.74, 6) is -3.24. The Bertz CT molecular complexity index is 1400. The number of ether oxygens (including phenoxy) is 1. The van der Waals surface area contributed by atoms with Crippen LogP contribution < -0.4 is 5.32 Å². The monoisotopic (exact) mass is 558 g/mol. The van der Waals surface area contributed by atoms with Gasteiger partial charge in [0.25, 0.3) is 5.92 Å². The molecule has 1 unspecified atom stereocenters. The Labute approximate surface area is 226 Å². The molecular formula is C27H25F3N4O4S. The van der Waals surface area contributed by atoms with Crippen LogP contribution in [0.2, 0.25) is 0 Å². The number of carboxylic acid groups (broad SMARTS) is 1. The predicted molar refractivity (Wildman–Crippen MR) is 137 cm³/mol. The van der Waals surface area contributed by atoms with E-state index in [1.165, 1.54) is 30.6 Å². The number of alkyl halides is 2. The standard InChI is InChI=1S/C27H25F3N4O4S/c1-3-16-17(5-4-6-18(16)28)23-22(26(37)38-2)19(32-24(33-23)25-31-7-8-39-25)13-34-15-9-14(11-21(35)36)10-20(34)27(29,30)12-15/h1,4-8,14-15,20,23H,9-13H2,2H3,(H,32,33)(H,35,36)/t14-,15+,20-,23?/m0/s1. The highest BCUT2D eigenvalue weighted by Gasteiger charge is 2.57. The minimum absolute atomic E-state index is 0.0125. The number of aliphatic carboxylic acids is 1. The number of hydrogen-bond donors (Lipinski definition) is 2. The summed E-state index contributed by atoms with van der Waals surface area (Å²) in [7, 11) is 1.19. The first-order valence-corrected chi connectivity index (χ1v) is 13.2. The third-order valence-corrected chi connectivity index (χ3v) is 8.26. The molecule has 0 amide bonds. The van der Waals surface area contributed by atoms with Crippen molar-refractivity contribution in [1.82, 2.24) is 15.2 Å². The minimum Gasteiger partial charge on any atom is -0.481 e. The lowest BCUT2D eigenvalue weighted by molar-refractivity contribution is -0.139. The number of fused-ring (bicyclic) bond motifs is 2. The van der Waals surface area contributed by atoms with Gasteiger partial charge in [-0.15, -0.1) is 17.8 Å². The number of carbonyl (C=O) groups is 2. The number of terminal acetylenes is 1. The summed E-state index contributed by atoms with van der Waals surface area (Å²) < 4.78 is 50.0. The first-order valence-electron chi connectivity index (χ1n) is 12.3. The van der Waals surface area contributed by atoms with Crippen LogP contribution in [0.25, 0.3) is 0 Å². The van der Waals surface area contributed by atoms with Gasteiger partial charge in [0.15, 0.2) is 10.8 Å². The van der Waals surface area contributed by atoms with Crippen LogP contribution in [0.15, 0.2) is 46.0 Å². The highest BCUT2D eigenvalue weighted by atomic mass is 32.1. The summed E-state index contributed by atoms with van der Waals surface area (Å²) in [6, 6.07) is 1.34. The van der Waals surface area contributed by atoms with Crippen molar-refractivity contribution in [2.45, 2.75) is 49.7 Å². The zero-order valence-corrected chi connectivity index (χ0v) is 21.7. The first kappa shape index (κ1) is 26.9. The highest BCUT2D eigenvalue weighted by Crippen LogP contribution is 2.49. The summed E-state index contributed by atoms with van der Waals surface area (Å²) in [4.78, 5) is 35.0. The number of aromatic nitrogens is 1. The number of aliphatic imine (C=N–C) groups is 1. The van der Waals surface area contributed by atoms with E-state index < -0.39 is 48.2 Å². The second-order valence-electron chi connectivity index (χ2n) is 9.82. The first-order chi connectivity index (χ1) is 18.6. The molecule has 2 bridgehead atoms. The van der Waals surface area contributed by atoms with Crippen molar-refractivity contribution in [3.63, 3.8) is 0 Å². The van der Waals surface area contributed by atoms with Gasteiger partial charge in [0.1, 0.15) is 11.9 Å². The van der Waals surface area contributed by atoms with E-state index in [0.29, 0.717) is 11.4 Å². The molecule has 3 aliphatic rings. The molecule has 2 saturated heterocycles. The minimum atomic E-state index is -3.02. The Morgan fingerprint density at radius 1 is 1.36 bits per heavy atom. The molecule has 0 aliphatic carbocycles. The van der Waals surface area contributed by atoms with Gasteiger partial charge < -0.3 is 15.2 Å². The molecule has 1 aromatic heterocycles. The molecule has 204 valence electrons. The van der Waals surface area contributed by atoms with E-state index in [9.17, 15) is 19.1 Å². The van der Waals surface area contributed by atoms with Gasteiger partial charge in [0, 0.05) is 42.7 Å². The number of methoxy groups -OCH3 is 1. The number of piperidine rings is 1. The van der Waals surface area contributed by atoms with Gasteiger partial charge >= 0.3 is 11.9 Å². The number of thiazole rings is 1. The van der Waals surface area contributed by atoms with Crippen LogP contribution in [0.3, 0.4) is 0 Å². The topological polar surface area (TPSA) is 104 Å². The number of halogens is 3. The molecule has 2 N–H and O–H groups in total. The molecule has 8 nitrogen and oxygen atoms in total. The predicted octanol–water partition coefficient (Wildman–Crippen LogP) is 3.74. The molecule has 5 rings (SSSR count). The van der Waals surface area contributed by atoms with E-state index in [-0.39, 0.29) is 53.5 Å². The van der Waals surface area contributed by atoms with Crippen LogP contribution in [0.5, 0.6) is 0 Å². The number of amidine groups is 1. The number of esters is 1. The Hall–Kier alpha value is -3.69. The van der Waals surface area contributed by atoms with Crippen LogP contribution in [0.4, 0.5) is 13.2 Å². The summed E-state index contributed by atoms with van der Waals surface area (Å²) in [5.41, 5.74) is 0.465. The van der Waals surface area contributed by atoms with Crippen molar-refractivity contribution < 1.29 is 32.6 Å². The lowest BCUT2D eigenvalue weighted by atomic mass is 9.87. The third-order valence-electron chi connectivity index (χ3n) is 7.48. The number of hydrogen-bond acceptors (Lipinski definition) is 8. The third kappa shape index (κ3) is 5.04. The van der Waals surface area contributed by atoms with Crippen molar-refractivity contribution >= 4 is 29.1 Å². The molecule has 0 spiro atoms. The SMILES string of the molecule is C#Cc1c(F)cccc1C1N=C(c2nccs2)NC(CN2[C@@H]3C[C@H](CC(=O)O)C[C@H]2C(F)(F)C3)=C1C(=O)OC. The average molecular weight is 559 g/mol. The Morgan fingerprint density at radius 2 is 2.15 bits per heavy atom. The quantitative estimate of drug-likeness (QED) is 0.394. The summed E-state index contributed by atoms with van der Waals surface area (Å²) in [6.45, 7) is -0.0866. The Morgan fingerprint density at radius 3 is 2.79 bits per heavy atom. The number of carboxylic acids is 1. The zero-order chi connectivity index (χ0) is 27.9. The van der Waals surface area contributed by atoms with E-state index >= 15 is 8.78 Å². The number of nitrogens with zero attached hydrogens (tertiary/aromatic N) is 3. The number of nitrogens with one attached hydrogen (secondary N) is 1. The molecule has 4 atom stereocenters. The Balaban J connectivity index is 1.60. The van der Waals surface area contributed by atoms with Gasteiger partial charge in [-0.05, 0) is 30.4 Å². The lowest BCUT2D eigenvalue weighted by Gasteiger charge is -2.40. The van der Waals surface area contributed by atoms with Crippen molar-refractivity contribution in [3.05, 3.63) is 63.0 Å². The second-order valence-corrected chi connectivity index (χ2v) is 10.7. The maximum atomic E-state index is 15.1. The lowest BCUT2D eigenvalue weighted by Crippen LogP contribution is -2.50. The number of carbonyl (C=O) groups excluding carboxylic acids is 1. The van der Waals surface area contributed by atoms with Gasteiger partial charge in [-0.25, -0.2) is 22.9 Å². The zero-order valence-electron chi connectivity index (χ0n) is 20.9. The van der Waals surface area contributed by atoms with Crippen molar-refractivity contribution in [3.8, 4) is 12.3 Å². The summed E-state index contributed by atoms with van der Waals surface area (Å²) in [5, 5.41) is 14.6. The average Bonchev–Trinajstić information content (AvgIpc) is 3.47. The molecule has 3 aliphatic heterocycles. The summed E-state index contributed by atoms with van der Waals surface area (Å²) in [6.07, 6.45) is 6.91. The van der Waals surface area contributed by atoms with Gasteiger partial charge in [-0.1, -0.05) is 18.1 Å². The molecule has 1 aromatic carbocycles. The molecule has 0 radical (unpaired) electrons. The normalized spacial score (nSPS) is 26.0. The molecule has 4 heterocycles. The molecule has 2 fully saturated rings. The molecule has 39 heavy (non-hydrogen) atoms. The number of rotatable bonds is 7. The fourth-order valence-electron chi connectivity index (χ4n) is 5.89.